The van der Waals surface area contributed by atoms with Crippen LogP contribution in [0.5, 0.6) is 5.75 Å². The lowest BCUT2D eigenvalue weighted by Crippen LogP contribution is -2.26. The van der Waals surface area contributed by atoms with Crippen molar-refractivity contribution < 1.29 is 4.74 Å². The second kappa shape index (κ2) is 6.75. The molecule has 1 aromatic carbocycles. The van der Waals surface area contributed by atoms with Gasteiger partial charge in [-0.25, -0.2) is 9.97 Å². The predicted molar refractivity (Wildman–Crippen MR) is 100 cm³/mol. The van der Waals surface area contributed by atoms with Crippen LogP contribution < -0.4 is 10.1 Å². The summed E-state index contributed by atoms with van der Waals surface area (Å²) in [6.07, 6.45) is 8.76. The van der Waals surface area contributed by atoms with Gasteiger partial charge in [0.05, 0.1) is 7.11 Å². The van der Waals surface area contributed by atoms with Crippen LogP contribution in [0.25, 0.3) is 17.0 Å². The molecule has 0 bridgehead atoms. The molecule has 1 saturated carbocycles. The van der Waals surface area contributed by atoms with Crippen LogP contribution in [0.4, 0.5) is 5.82 Å². The summed E-state index contributed by atoms with van der Waals surface area (Å²) in [6, 6.07) is 10.5. The summed E-state index contributed by atoms with van der Waals surface area (Å²) in [6.45, 7) is 2.34. The Balaban J connectivity index is 1.75. The SMILES string of the molecule is COc1cccc(-c2nc3ncccn3c2NC2CCC(C)CC2)c1. The van der Waals surface area contributed by atoms with Gasteiger partial charge in [0.1, 0.15) is 17.3 Å². The molecule has 2 heterocycles. The number of fused-ring (bicyclic) bond motifs is 1. The lowest BCUT2D eigenvalue weighted by atomic mass is 9.87. The van der Waals surface area contributed by atoms with Crippen molar-refractivity contribution in [2.45, 2.75) is 38.6 Å². The van der Waals surface area contributed by atoms with Crippen LogP contribution in [0, 0.1) is 5.92 Å². The van der Waals surface area contributed by atoms with E-state index in [1.54, 1.807) is 13.3 Å². The molecule has 1 N–H and O–H groups in total. The fraction of sp³-hybridized carbons (Fsp3) is 0.400. The second-order valence-electron chi connectivity index (χ2n) is 6.93. The normalized spacial score (nSPS) is 20.6. The van der Waals surface area contributed by atoms with Crippen LogP contribution in [0.3, 0.4) is 0 Å². The molecule has 5 heteroatoms. The fourth-order valence-electron chi connectivity index (χ4n) is 3.59. The molecule has 1 fully saturated rings. The molecule has 130 valence electrons. The summed E-state index contributed by atoms with van der Waals surface area (Å²) in [5.74, 6) is 3.41. The standard InChI is InChI=1S/C20H24N4O/c1-14-7-9-16(10-8-14)22-19-18(15-5-3-6-17(13-15)25-2)23-20-21-11-4-12-24(19)20/h3-6,11-14,16,22H,7-10H2,1-2H3. The Morgan fingerprint density at radius 1 is 1.16 bits per heavy atom. The number of anilines is 1. The summed E-state index contributed by atoms with van der Waals surface area (Å²) in [7, 11) is 1.69. The van der Waals surface area contributed by atoms with Crippen LogP contribution in [0.1, 0.15) is 32.6 Å². The molecule has 0 amide bonds. The number of hydrogen-bond donors (Lipinski definition) is 1. The number of methoxy groups -OCH3 is 1. The van der Waals surface area contributed by atoms with Gasteiger partial charge in [-0.1, -0.05) is 19.1 Å². The van der Waals surface area contributed by atoms with E-state index in [1.807, 2.05) is 34.9 Å². The van der Waals surface area contributed by atoms with Gasteiger partial charge in [-0.05, 0) is 49.8 Å². The number of benzene rings is 1. The Morgan fingerprint density at radius 2 is 2.00 bits per heavy atom. The van der Waals surface area contributed by atoms with Gasteiger partial charge in [0.15, 0.2) is 0 Å². The number of nitrogens with one attached hydrogen (secondary N) is 1. The van der Waals surface area contributed by atoms with E-state index in [4.69, 9.17) is 9.72 Å². The predicted octanol–water partition coefficient (Wildman–Crippen LogP) is 4.40. The van der Waals surface area contributed by atoms with Crippen molar-refractivity contribution in [1.82, 2.24) is 14.4 Å². The lowest BCUT2D eigenvalue weighted by molar-refractivity contribution is 0.361. The van der Waals surface area contributed by atoms with E-state index in [1.165, 1.54) is 25.7 Å². The first-order valence-corrected chi connectivity index (χ1v) is 8.98. The molecule has 25 heavy (non-hydrogen) atoms. The molecule has 0 atom stereocenters. The molecule has 4 rings (SSSR count). The van der Waals surface area contributed by atoms with Crippen LogP contribution >= 0.6 is 0 Å². The molecule has 2 aromatic heterocycles. The molecular weight excluding hydrogens is 312 g/mol. The number of imidazole rings is 1. The highest BCUT2D eigenvalue weighted by atomic mass is 16.5. The molecule has 0 unspecified atom stereocenters. The molecule has 0 aliphatic heterocycles. The summed E-state index contributed by atoms with van der Waals surface area (Å²) in [5.41, 5.74) is 1.97. The van der Waals surface area contributed by atoms with Gasteiger partial charge in [-0.15, -0.1) is 0 Å². The van der Waals surface area contributed by atoms with E-state index < -0.39 is 0 Å². The van der Waals surface area contributed by atoms with Crippen molar-refractivity contribution in [1.29, 1.82) is 0 Å². The zero-order valence-electron chi connectivity index (χ0n) is 14.8. The highest BCUT2D eigenvalue weighted by molar-refractivity contribution is 5.76. The van der Waals surface area contributed by atoms with Crippen LogP contribution in [-0.2, 0) is 0 Å². The lowest BCUT2D eigenvalue weighted by Gasteiger charge is -2.27. The third kappa shape index (κ3) is 3.18. The number of ether oxygens (including phenoxy) is 1. The minimum atomic E-state index is 0.487. The van der Waals surface area contributed by atoms with Gasteiger partial charge < -0.3 is 10.1 Å². The first-order valence-electron chi connectivity index (χ1n) is 8.98. The average Bonchev–Trinajstić information content (AvgIpc) is 3.02. The van der Waals surface area contributed by atoms with E-state index in [-0.39, 0.29) is 0 Å². The van der Waals surface area contributed by atoms with Gasteiger partial charge >= 0.3 is 0 Å². The summed E-state index contributed by atoms with van der Waals surface area (Å²) >= 11 is 0. The maximum atomic E-state index is 5.38. The van der Waals surface area contributed by atoms with Gasteiger partial charge in [0.2, 0.25) is 5.78 Å². The Kier molecular flexibility index (Phi) is 4.30. The summed E-state index contributed by atoms with van der Waals surface area (Å²) < 4.78 is 7.43. The zero-order valence-corrected chi connectivity index (χ0v) is 14.8. The molecule has 0 spiro atoms. The highest BCUT2D eigenvalue weighted by Gasteiger charge is 2.22. The zero-order chi connectivity index (χ0) is 17.2. The van der Waals surface area contributed by atoms with Gasteiger partial charge in [0.25, 0.3) is 0 Å². The van der Waals surface area contributed by atoms with Crippen molar-refractivity contribution in [3.05, 3.63) is 42.7 Å². The quantitative estimate of drug-likeness (QED) is 0.767. The first-order chi connectivity index (χ1) is 12.2. The fourth-order valence-corrected chi connectivity index (χ4v) is 3.59. The van der Waals surface area contributed by atoms with E-state index in [0.717, 1.165) is 28.7 Å². The summed E-state index contributed by atoms with van der Waals surface area (Å²) in [4.78, 5) is 9.19. The monoisotopic (exact) mass is 336 g/mol. The minimum absolute atomic E-state index is 0.487. The third-order valence-electron chi connectivity index (χ3n) is 5.10. The largest absolute Gasteiger partial charge is 0.497 e. The van der Waals surface area contributed by atoms with Crippen LogP contribution in [0.15, 0.2) is 42.7 Å². The Labute approximate surface area is 148 Å². The highest BCUT2D eigenvalue weighted by Crippen LogP contribution is 2.33. The van der Waals surface area contributed by atoms with E-state index in [9.17, 15) is 0 Å². The molecule has 0 radical (unpaired) electrons. The van der Waals surface area contributed by atoms with Crippen molar-refractivity contribution >= 4 is 11.6 Å². The molecule has 1 aliphatic carbocycles. The number of hydrogen-bond acceptors (Lipinski definition) is 4. The molecular formula is C20H24N4O. The van der Waals surface area contributed by atoms with E-state index in [0.29, 0.717) is 11.8 Å². The van der Waals surface area contributed by atoms with Gasteiger partial charge in [-0.3, -0.25) is 4.40 Å². The minimum Gasteiger partial charge on any atom is -0.497 e. The van der Waals surface area contributed by atoms with Gasteiger partial charge in [0, 0.05) is 24.0 Å². The van der Waals surface area contributed by atoms with Crippen molar-refractivity contribution in [2.75, 3.05) is 12.4 Å². The topological polar surface area (TPSA) is 51.5 Å². The van der Waals surface area contributed by atoms with Crippen molar-refractivity contribution in [3.63, 3.8) is 0 Å². The number of aromatic nitrogens is 3. The number of nitrogens with zero attached hydrogens (tertiary/aromatic N) is 3. The molecule has 0 saturated heterocycles. The second-order valence-corrected chi connectivity index (χ2v) is 6.93. The smallest absolute Gasteiger partial charge is 0.235 e. The van der Waals surface area contributed by atoms with E-state index in [2.05, 4.69) is 23.3 Å². The molecule has 1 aliphatic rings. The maximum absolute atomic E-state index is 5.38. The van der Waals surface area contributed by atoms with E-state index >= 15 is 0 Å². The Bertz CT molecular complexity index is 865. The first kappa shape index (κ1) is 15.9. The van der Waals surface area contributed by atoms with Crippen molar-refractivity contribution in [2.24, 2.45) is 5.92 Å². The average molecular weight is 336 g/mol. The molecule has 5 nitrogen and oxygen atoms in total. The van der Waals surface area contributed by atoms with Gasteiger partial charge in [-0.2, -0.15) is 0 Å². The van der Waals surface area contributed by atoms with Crippen LogP contribution in [0.2, 0.25) is 0 Å². The third-order valence-corrected chi connectivity index (χ3v) is 5.10. The Morgan fingerprint density at radius 3 is 2.80 bits per heavy atom. The summed E-state index contributed by atoms with van der Waals surface area (Å²) in [5, 5.41) is 3.75. The van der Waals surface area contributed by atoms with Crippen LogP contribution in [-0.4, -0.2) is 27.5 Å². The maximum Gasteiger partial charge on any atom is 0.235 e. The molecule has 3 aromatic rings. The van der Waals surface area contributed by atoms with Crippen molar-refractivity contribution in [3.8, 4) is 17.0 Å². The number of rotatable bonds is 4. The Hall–Kier alpha value is -2.56.